The highest BCUT2D eigenvalue weighted by molar-refractivity contribution is 9.10. The second-order valence-electron chi connectivity index (χ2n) is 6.86. The number of carbonyl (C=O) groups is 4. The molecule has 1 aliphatic rings. The Bertz CT molecular complexity index is 1110. The van der Waals surface area contributed by atoms with E-state index in [1.54, 1.807) is 24.3 Å². The Morgan fingerprint density at radius 1 is 1.03 bits per heavy atom. The summed E-state index contributed by atoms with van der Waals surface area (Å²) >= 11 is 3.35. The minimum Gasteiger partial charge on any atom is -0.493 e. The van der Waals surface area contributed by atoms with E-state index in [0.29, 0.717) is 15.6 Å². The molecular weight excluding hydrogens is 468 g/mol. The van der Waals surface area contributed by atoms with Crippen molar-refractivity contribution < 1.29 is 28.7 Å². The molecule has 9 heteroatoms. The Morgan fingerprint density at radius 3 is 2.26 bits per heavy atom. The molecule has 0 bridgehead atoms. The summed E-state index contributed by atoms with van der Waals surface area (Å²) in [5.74, 6) is -1.61. The van der Waals surface area contributed by atoms with Crippen molar-refractivity contribution in [3.8, 4) is 11.5 Å². The van der Waals surface area contributed by atoms with Gasteiger partial charge in [-0.25, -0.2) is 9.59 Å². The largest absolute Gasteiger partial charge is 0.493 e. The van der Waals surface area contributed by atoms with Crippen molar-refractivity contribution in [3.05, 3.63) is 63.1 Å². The van der Waals surface area contributed by atoms with Crippen LogP contribution in [0.4, 0.5) is 4.79 Å². The number of ether oxygens (including phenoxy) is 2. The zero-order chi connectivity index (χ0) is 22.9. The van der Waals surface area contributed by atoms with E-state index < -0.39 is 23.8 Å². The van der Waals surface area contributed by atoms with Gasteiger partial charge in [-0.2, -0.15) is 0 Å². The lowest BCUT2D eigenvalue weighted by atomic mass is 10.1. The zero-order valence-corrected chi connectivity index (χ0v) is 18.8. The molecule has 3 rings (SSSR count). The minimum atomic E-state index is -0.710. The van der Waals surface area contributed by atoms with E-state index in [1.807, 2.05) is 13.0 Å². The van der Waals surface area contributed by atoms with Crippen molar-refractivity contribution in [3.63, 3.8) is 0 Å². The van der Waals surface area contributed by atoms with Crippen molar-refractivity contribution in [2.75, 3.05) is 21.2 Å². The van der Waals surface area contributed by atoms with Crippen LogP contribution in [0.3, 0.4) is 0 Å². The lowest BCUT2D eigenvalue weighted by Gasteiger charge is -2.28. The number of aryl methyl sites for hydroxylation is 1. The van der Waals surface area contributed by atoms with E-state index in [4.69, 9.17) is 9.47 Å². The highest BCUT2D eigenvalue weighted by Gasteiger charge is 2.37. The summed E-state index contributed by atoms with van der Waals surface area (Å²) in [5, 5.41) is 0. The Kier molecular flexibility index (Phi) is 6.26. The van der Waals surface area contributed by atoms with Gasteiger partial charge in [0.2, 0.25) is 0 Å². The first-order chi connectivity index (χ1) is 14.6. The third-order valence-electron chi connectivity index (χ3n) is 4.66. The number of esters is 1. The quantitative estimate of drug-likeness (QED) is 0.284. The summed E-state index contributed by atoms with van der Waals surface area (Å²) in [7, 11) is 4.00. The number of barbiturate groups is 1. The molecule has 8 nitrogen and oxygen atoms in total. The highest BCUT2D eigenvalue weighted by Crippen LogP contribution is 2.38. The molecule has 2 aromatic rings. The minimum absolute atomic E-state index is 0.155. The molecule has 0 unspecified atom stereocenters. The molecule has 31 heavy (non-hydrogen) atoms. The molecule has 0 aliphatic carbocycles. The van der Waals surface area contributed by atoms with E-state index in [1.165, 1.54) is 33.3 Å². The monoisotopic (exact) mass is 486 g/mol. The van der Waals surface area contributed by atoms with Gasteiger partial charge in [-0.3, -0.25) is 19.4 Å². The first-order valence-corrected chi connectivity index (χ1v) is 9.91. The van der Waals surface area contributed by atoms with Crippen LogP contribution < -0.4 is 9.47 Å². The van der Waals surface area contributed by atoms with Crippen molar-refractivity contribution in [2.45, 2.75) is 6.92 Å². The van der Waals surface area contributed by atoms with Crippen molar-refractivity contribution in [1.29, 1.82) is 0 Å². The lowest BCUT2D eigenvalue weighted by molar-refractivity contribution is -0.134. The van der Waals surface area contributed by atoms with Gasteiger partial charge in [0.15, 0.2) is 11.5 Å². The average molecular weight is 487 g/mol. The predicted molar refractivity (Wildman–Crippen MR) is 116 cm³/mol. The number of benzene rings is 2. The molecule has 0 radical (unpaired) electrons. The van der Waals surface area contributed by atoms with Crippen molar-refractivity contribution in [1.82, 2.24) is 9.80 Å². The molecular formula is C22H19BrN2O6. The molecule has 2 aromatic carbocycles. The fraction of sp³-hybridized carbons (Fsp3) is 0.182. The number of hydrogen-bond donors (Lipinski definition) is 0. The van der Waals surface area contributed by atoms with Crippen molar-refractivity contribution in [2.24, 2.45) is 0 Å². The molecule has 4 amide bonds. The first kappa shape index (κ1) is 22.2. The summed E-state index contributed by atoms with van der Waals surface area (Å²) in [6, 6.07) is 9.36. The molecule has 0 atom stereocenters. The molecule has 0 aromatic heterocycles. The van der Waals surface area contributed by atoms with Gasteiger partial charge in [0.25, 0.3) is 11.8 Å². The van der Waals surface area contributed by atoms with E-state index in [9.17, 15) is 19.2 Å². The van der Waals surface area contributed by atoms with Crippen LogP contribution in [-0.2, 0) is 9.59 Å². The number of carbonyl (C=O) groups excluding carboxylic acids is 4. The average Bonchev–Trinajstić information content (AvgIpc) is 2.75. The van der Waals surface area contributed by atoms with Crippen LogP contribution in [0.2, 0.25) is 0 Å². The molecule has 0 spiro atoms. The number of likely N-dealkylation sites (N-methyl/N-ethyl adjacent to an activating group) is 2. The molecule has 1 fully saturated rings. The highest BCUT2D eigenvalue weighted by atomic mass is 79.9. The smallest absolute Gasteiger partial charge is 0.343 e. The Hall–Kier alpha value is -3.46. The third-order valence-corrected chi connectivity index (χ3v) is 5.24. The molecule has 1 saturated heterocycles. The van der Waals surface area contributed by atoms with Crippen LogP contribution in [-0.4, -0.2) is 54.8 Å². The van der Waals surface area contributed by atoms with Gasteiger partial charge >= 0.3 is 12.0 Å². The van der Waals surface area contributed by atoms with E-state index in [-0.39, 0.29) is 17.1 Å². The predicted octanol–water partition coefficient (Wildman–Crippen LogP) is 3.42. The number of rotatable bonds is 4. The maximum Gasteiger partial charge on any atom is 0.343 e. The van der Waals surface area contributed by atoms with Crippen LogP contribution in [0.5, 0.6) is 11.5 Å². The number of methoxy groups -OCH3 is 1. The zero-order valence-electron chi connectivity index (χ0n) is 17.3. The number of nitrogens with zero attached hydrogens (tertiary/aromatic N) is 2. The molecule has 0 N–H and O–H groups in total. The van der Waals surface area contributed by atoms with Crippen LogP contribution >= 0.6 is 15.9 Å². The van der Waals surface area contributed by atoms with Gasteiger partial charge in [-0.1, -0.05) is 17.7 Å². The van der Waals surface area contributed by atoms with Crippen LogP contribution in [0.1, 0.15) is 21.5 Å². The second kappa shape index (κ2) is 8.73. The molecule has 1 aliphatic heterocycles. The Morgan fingerprint density at radius 2 is 1.68 bits per heavy atom. The summed E-state index contributed by atoms with van der Waals surface area (Å²) in [6.45, 7) is 1.87. The number of hydrogen-bond acceptors (Lipinski definition) is 6. The fourth-order valence-corrected chi connectivity index (χ4v) is 3.53. The lowest BCUT2D eigenvalue weighted by Crippen LogP contribution is -2.52. The Labute approximate surface area is 187 Å². The standard InChI is InChI=1S/C22H19BrN2O6/c1-12-6-5-7-14(8-12)21(28)31-18-16(23)10-13(11-17(18)30-4)9-15-19(26)24(2)22(29)25(3)20(15)27/h5-11H,1-4H3. The first-order valence-electron chi connectivity index (χ1n) is 9.12. The number of halogens is 1. The van der Waals surface area contributed by atoms with E-state index in [2.05, 4.69) is 15.9 Å². The maximum atomic E-state index is 12.5. The number of urea groups is 1. The van der Waals surface area contributed by atoms with Gasteiger partial charge < -0.3 is 9.47 Å². The summed E-state index contributed by atoms with van der Waals surface area (Å²) in [6.07, 6.45) is 1.35. The van der Waals surface area contributed by atoms with E-state index in [0.717, 1.165) is 15.4 Å². The molecule has 160 valence electrons. The van der Waals surface area contributed by atoms with Gasteiger partial charge in [-0.15, -0.1) is 0 Å². The van der Waals surface area contributed by atoms with E-state index >= 15 is 0 Å². The number of amides is 4. The summed E-state index contributed by atoms with van der Waals surface area (Å²) < 4.78 is 11.2. The molecule has 1 heterocycles. The third kappa shape index (κ3) is 4.36. The fourth-order valence-electron chi connectivity index (χ4n) is 2.99. The summed E-state index contributed by atoms with van der Waals surface area (Å²) in [5.41, 5.74) is 1.56. The Balaban J connectivity index is 1.97. The van der Waals surface area contributed by atoms with Gasteiger partial charge in [-0.05, 0) is 58.8 Å². The maximum absolute atomic E-state index is 12.5. The van der Waals surface area contributed by atoms with Gasteiger partial charge in [0.1, 0.15) is 5.57 Å². The normalized spacial score (nSPS) is 14.1. The number of imide groups is 2. The topological polar surface area (TPSA) is 93.2 Å². The van der Waals surface area contributed by atoms with Crippen molar-refractivity contribution >= 4 is 45.8 Å². The van der Waals surface area contributed by atoms with Crippen LogP contribution in [0, 0.1) is 6.92 Å². The van der Waals surface area contributed by atoms with Gasteiger partial charge in [0.05, 0.1) is 17.1 Å². The van der Waals surface area contributed by atoms with Crippen LogP contribution in [0.25, 0.3) is 6.08 Å². The van der Waals surface area contributed by atoms with Crippen LogP contribution in [0.15, 0.2) is 46.4 Å². The summed E-state index contributed by atoms with van der Waals surface area (Å²) in [4.78, 5) is 51.0. The van der Waals surface area contributed by atoms with Gasteiger partial charge in [0, 0.05) is 14.1 Å². The SMILES string of the molecule is COc1cc(C=C2C(=O)N(C)C(=O)N(C)C2=O)cc(Br)c1OC(=O)c1cccc(C)c1. The second-order valence-corrected chi connectivity index (χ2v) is 7.72. The molecule has 0 saturated carbocycles.